The second-order valence-corrected chi connectivity index (χ2v) is 7.55. The van der Waals surface area contributed by atoms with E-state index in [0.717, 1.165) is 42.3 Å². The SMILES string of the molecule is COc1cccc(C(NC(=O)c2ccc(OCC3CCCO3)cc2)c2nccn2C)c1. The van der Waals surface area contributed by atoms with Crippen molar-refractivity contribution >= 4 is 5.91 Å². The maximum Gasteiger partial charge on any atom is 0.252 e. The summed E-state index contributed by atoms with van der Waals surface area (Å²) in [5, 5.41) is 3.10. The van der Waals surface area contributed by atoms with Crippen molar-refractivity contribution in [2.24, 2.45) is 7.05 Å². The molecule has 1 aliphatic heterocycles. The van der Waals surface area contributed by atoms with Crippen molar-refractivity contribution in [3.05, 3.63) is 77.9 Å². The van der Waals surface area contributed by atoms with Crippen LogP contribution in [0.3, 0.4) is 0 Å². The van der Waals surface area contributed by atoms with Crippen LogP contribution in [0.5, 0.6) is 11.5 Å². The highest BCUT2D eigenvalue weighted by Gasteiger charge is 2.22. The Kier molecular flexibility index (Phi) is 6.52. The number of rotatable bonds is 8. The minimum atomic E-state index is -0.418. The Bertz CT molecular complexity index is 1010. The Hall–Kier alpha value is -3.32. The third-order valence-corrected chi connectivity index (χ3v) is 5.40. The summed E-state index contributed by atoms with van der Waals surface area (Å²) in [5.74, 6) is 1.99. The molecule has 7 nitrogen and oxygen atoms in total. The third kappa shape index (κ3) is 5.06. The summed E-state index contributed by atoms with van der Waals surface area (Å²) in [6.45, 7) is 1.33. The number of aryl methyl sites for hydroxylation is 1. The first kappa shape index (κ1) is 20.9. The van der Waals surface area contributed by atoms with E-state index in [0.29, 0.717) is 12.2 Å². The minimum absolute atomic E-state index is 0.157. The Morgan fingerprint density at radius 3 is 2.77 bits per heavy atom. The molecule has 0 aliphatic carbocycles. The van der Waals surface area contributed by atoms with Crippen LogP contribution in [-0.2, 0) is 11.8 Å². The van der Waals surface area contributed by atoms with Crippen molar-refractivity contribution < 1.29 is 19.0 Å². The highest BCUT2D eigenvalue weighted by atomic mass is 16.5. The van der Waals surface area contributed by atoms with Gasteiger partial charge in [0.25, 0.3) is 5.91 Å². The number of imidazole rings is 1. The monoisotopic (exact) mass is 421 g/mol. The molecule has 1 fully saturated rings. The maximum atomic E-state index is 13.0. The van der Waals surface area contributed by atoms with E-state index in [4.69, 9.17) is 14.2 Å². The molecule has 0 spiro atoms. The van der Waals surface area contributed by atoms with Crippen LogP contribution < -0.4 is 14.8 Å². The van der Waals surface area contributed by atoms with Crippen LogP contribution in [0.15, 0.2) is 60.9 Å². The molecule has 2 heterocycles. The quantitative estimate of drug-likeness (QED) is 0.603. The Morgan fingerprint density at radius 2 is 2.10 bits per heavy atom. The molecular formula is C24H27N3O4. The fourth-order valence-corrected chi connectivity index (χ4v) is 3.66. The van der Waals surface area contributed by atoms with Gasteiger partial charge >= 0.3 is 0 Å². The first-order valence-corrected chi connectivity index (χ1v) is 10.4. The molecule has 0 bridgehead atoms. The summed E-state index contributed by atoms with van der Waals surface area (Å²) in [6.07, 6.45) is 5.84. The van der Waals surface area contributed by atoms with Crippen molar-refractivity contribution in [2.45, 2.75) is 25.0 Å². The number of methoxy groups -OCH3 is 1. The van der Waals surface area contributed by atoms with Gasteiger partial charge in [0, 0.05) is 31.6 Å². The lowest BCUT2D eigenvalue weighted by Gasteiger charge is -2.20. The highest BCUT2D eigenvalue weighted by molar-refractivity contribution is 5.94. The van der Waals surface area contributed by atoms with E-state index >= 15 is 0 Å². The molecular weight excluding hydrogens is 394 g/mol. The van der Waals surface area contributed by atoms with Crippen molar-refractivity contribution in [3.8, 4) is 11.5 Å². The van der Waals surface area contributed by atoms with E-state index in [2.05, 4.69) is 10.3 Å². The molecule has 31 heavy (non-hydrogen) atoms. The number of nitrogens with one attached hydrogen (secondary N) is 1. The van der Waals surface area contributed by atoms with Crippen LogP contribution in [0.4, 0.5) is 0 Å². The van der Waals surface area contributed by atoms with Gasteiger partial charge in [0.15, 0.2) is 0 Å². The van der Waals surface area contributed by atoms with Crippen molar-refractivity contribution in [1.29, 1.82) is 0 Å². The van der Waals surface area contributed by atoms with E-state index in [9.17, 15) is 4.79 Å². The molecule has 2 aromatic carbocycles. The largest absolute Gasteiger partial charge is 0.497 e. The standard InChI is InChI=1S/C24H27N3O4/c1-27-13-12-25-23(27)22(18-5-3-6-20(15-18)29-2)26-24(28)17-8-10-19(11-9-17)31-16-21-7-4-14-30-21/h3,5-6,8-13,15,21-22H,4,7,14,16H2,1-2H3,(H,26,28). The van der Waals surface area contributed by atoms with E-state index in [1.54, 1.807) is 25.4 Å². The predicted molar refractivity (Wildman–Crippen MR) is 116 cm³/mol. The van der Waals surface area contributed by atoms with Gasteiger partial charge in [-0.15, -0.1) is 0 Å². The molecule has 1 saturated heterocycles. The lowest BCUT2D eigenvalue weighted by molar-refractivity contribution is 0.0679. The number of benzene rings is 2. The number of hydrogen-bond donors (Lipinski definition) is 1. The zero-order chi connectivity index (χ0) is 21.6. The van der Waals surface area contributed by atoms with Gasteiger partial charge in [0.05, 0.1) is 13.2 Å². The first-order chi connectivity index (χ1) is 15.1. The zero-order valence-electron chi connectivity index (χ0n) is 17.8. The normalized spacial score (nSPS) is 16.6. The van der Waals surface area contributed by atoms with E-state index in [-0.39, 0.29) is 12.0 Å². The van der Waals surface area contributed by atoms with Gasteiger partial charge in [-0.3, -0.25) is 4.79 Å². The van der Waals surface area contributed by atoms with Gasteiger partial charge in [-0.2, -0.15) is 0 Å². The van der Waals surface area contributed by atoms with Crippen LogP contribution in [0.25, 0.3) is 0 Å². The Balaban J connectivity index is 1.48. The van der Waals surface area contributed by atoms with Gasteiger partial charge in [0.1, 0.15) is 30.0 Å². The van der Waals surface area contributed by atoms with Crippen molar-refractivity contribution in [1.82, 2.24) is 14.9 Å². The van der Waals surface area contributed by atoms with Gasteiger partial charge in [-0.1, -0.05) is 12.1 Å². The average Bonchev–Trinajstić information content (AvgIpc) is 3.48. The average molecular weight is 421 g/mol. The van der Waals surface area contributed by atoms with E-state index < -0.39 is 6.04 Å². The van der Waals surface area contributed by atoms with Gasteiger partial charge < -0.3 is 24.1 Å². The van der Waals surface area contributed by atoms with Crippen molar-refractivity contribution in [3.63, 3.8) is 0 Å². The lowest BCUT2D eigenvalue weighted by Crippen LogP contribution is -2.31. The number of nitrogens with zero attached hydrogens (tertiary/aromatic N) is 2. The molecule has 0 saturated carbocycles. The molecule has 0 radical (unpaired) electrons. The summed E-state index contributed by atoms with van der Waals surface area (Å²) in [7, 11) is 3.53. The van der Waals surface area contributed by atoms with Crippen LogP contribution in [0, 0.1) is 0 Å². The Morgan fingerprint density at radius 1 is 1.26 bits per heavy atom. The van der Waals surface area contributed by atoms with E-state index in [1.165, 1.54) is 0 Å². The van der Waals surface area contributed by atoms with Crippen molar-refractivity contribution in [2.75, 3.05) is 20.3 Å². The summed E-state index contributed by atoms with van der Waals surface area (Å²) >= 11 is 0. The third-order valence-electron chi connectivity index (χ3n) is 5.40. The van der Waals surface area contributed by atoms with Gasteiger partial charge in [-0.05, 0) is 54.8 Å². The maximum absolute atomic E-state index is 13.0. The molecule has 1 aliphatic rings. The molecule has 1 N–H and O–H groups in total. The summed E-state index contributed by atoms with van der Waals surface area (Å²) < 4.78 is 18.6. The predicted octanol–water partition coefficient (Wildman–Crippen LogP) is 3.51. The number of amides is 1. The molecule has 3 aromatic rings. The zero-order valence-corrected chi connectivity index (χ0v) is 17.8. The topological polar surface area (TPSA) is 74.6 Å². The van der Waals surface area contributed by atoms with Crippen LogP contribution in [-0.4, -0.2) is 41.9 Å². The fourth-order valence-electron chi connectivity index (χ4n) is 3.66. The first-order valence-electron chi connectivity index (χ1n) is 10.4. The summed E-state index contributed by atoms with van der Waals surface area (Å²) in [5.41, 5.74) is 1.44. The number of hydrogen-bond acceptors (Lipinski definition) is 5. The van der Waals surface area contributed by atoms with Gasteiger partial charge in [-0.25, -0.2) is 4.98 Å². The minimum Gasteiger partial charge on any atom is -0.497 e. The Labute approximate surface area is 182 Å². The molecule has 4 rings (SSSR count). The molecule has 1 amide bonds. The van der Waals surface area contributed by atoms with E-state index in [1.807, 2.05) is 54.2 Å². The molecule has 1 aromatic heterocycles. The van der Waals surface area contributed by atoms with Gasteiger partial charge in [0.2, 0.25) is 0 Å². The smallest absolute Gasteiger partial charge is 0.252 e. The van der Waals surface area contributed by atoms with Crippen LogP contribution in [0.2, 0.25) is 0 Å². The summed E-state index contributed by atoms with van der Waals surface area (Å²) in [4.78, 5) is 17.5. The highest BCUT2D eigenvalue weighted by Crippen LogP contribution is 2.25. The number of aromatic nitrogens is 2. The number of carbonyl (C=O) groups is 1. The molecule has 2 unspecified atom stereocenters. The van der Waals surface area contributed by atoms with Crippen LogP contribution >= 0.6 is 0 Å². The second-order valence-electron chi connectivity index (χ2n) is 7.55. The molecule has 162 valence electrons. The number of ether oxygens (including phenoxy) is 3. The summed E-state index contributed by atoms with van der Waals surface area (Å²) in [6, 6.07) is 14.4. The fraction of sp³-hybridized carbons (Fsp3) is 0.333. The second kappa shape index (κ2) is 9.66. The number of carbonyl (C=O) groups excluding carboxylic acids is 1. The lowest BCUT2D eigenvalue weighted by atomic mass is 10.0. The molecule has 2 atom stereocenters. The van der Waals surface area contributed by atoms with Crippen LogP contribution in [0.1, 0.15) is 40.6 Å². The molecule has 7 heteroatoms.